The first-order valence-electron chi connectivity index (χ1n) is 4.37. The first-order chi connectivity index (χ1) is 6.62. The largest absolute Gasteiger partial charge is 0.433 e. The van der Waals surface area contributed by atoms with Crippen molar-refractivity contribution < 1.29 is 18.0 Å². The number of rotatable bonds is 5. The zero-order valence-corrected chi connectivity index (χ0v) is 9.12. The molecule has 0 unspecified atom stereocenters. The Labute approximate surface area is 82.7 Å². The van der Waals surface area contributed by atoms with Gasteiger partial charge in [-0.1, -0.05) is 0 Å². The summed E-state index contributed by atoms with van der Waals surface area (Å²) in [6.07, 6.45) is 0. The average molecular weight is 219 g/mol. The van der Waals surface area contributed by atoms with E-state index in [4.69, 9.17) is 19.2 Å². The molecule has 5 nitrogen and oxygen atoms in total. The monoisotopic (exact) mass is 219 g/mol. The summed E-state index contributed by atoms with van der Waals surface area (Å²) in [5.74, 6) is 0.194. The van der Waals surface area contributed by atoms with Crippen molar-refractivity contribution in [2.24, 2.45) is 0 Å². The maximum Gasteiger partial charge on any atom is 0.396 e. The third-order valence-electron chi connectivity index (χ3n) is 1.48. The summed E-state index contributed by atoms with van der Waals surface area (Å²) in [7, 11) is -3.30. The molecule has 2 N–H and O–H groups in total. The van der Waals surface area contributed by atoms with E-state index >= 15 is 0 Å². The molecular formula is C8H14NO4P. The Kier molecular flexibility index (Phi) is 3.75. The van der Waals surface area contributed by atoms with Crippen LogP contribution in [-0.4, -0.2) is 13.2 Å². The molecule has 0 aliphatic heterocycles. The molecule has 80 valence electrons. The number of nitrogen functional groups attached to an aromatic ring is 1. The smallest absolute Gasteiger partial charge is 0.396 e. The zero-order valence-electron chi connectivity index (χ0n) is 8.23. The molecule has 6 heteroatoms. The van der Waals surface area contributed by atoms with Crippen molar-refractivity contribution in [3.8, 4) is 0 Å². The van der Waals surface area contributed by atoms with Crippen LogP contribution in [0, 0.1) is 0 Å². The molecule has 14 heavy (non-hydrogen) atoms. The SMILES string of the molecule is CCOP(=O)(OCC)c1ccc(N)o1. The van der Waals surface area contributed by atoms with Gasteiger partial charge in [-0.25, -0.2) is 0 Å². The second-order valence-corrected chi connectivity index (χ2v) is 4.46. The van der Waals surface area contributed by atoms with Crippen molar-refractivity contribution >= 4 is 19.0 Å². The minimum atomic E-state index is -3.30. The van der Waals surface area contributed by atoms with Crippen molar-refractivity contribution in [1.82, 2.24) is 0 Å². The fourth-order valence-corrected chi connectivity index (χ4v) is 2.48. The molecule has 0 aromatic carbocycles. The maximum atomic E-state index is 12.0. The van der Waals surface area contributed by atoms with Crippen molar-refractivity contribution in [3.63, 3.8) is 0 Å². The van der Waals surface area contributed by atoms with E-state index in [0.29, 0.717) is 0 Å². The first kappa shape index (κ1) is 11.3. The van der Waals surface area contributed by atoms with E-state index in [-0.39, 0.29) is 24.6 Å². The normalized spacial score (nSPS) is 11.9. The molecule has 0 saturated heterocycles. The molecule has 0 amide bonds. The molecule has 0 radical (unpaired) electrons. The summed E-state index contributed by atoms with van der Waals surface area (Å²) in [4.78, 5) is 0. The van der Waals surface area contributed by atoms with E-state index in [2.05, 4.69) is 0 Å². The van der Waals surface area contributed by atoms with Crippen molar-refractivity contribution in [3.05, 3.63) is 12.1 Å². The summed E-state index contributed by atoms with van der Waals surface area (Å²) in [6.45, 7) is 4.05. The van der Waals surface area contributed by atoms with Gasteiger partial charge in [-0.3, -0.25) is 4.57 Å². The first-order valence-corrected chi connectivity index (χ1v) is 5.91. The Morgan fingerprint density at radius 2 is 1.93 bits per heavy atom. The minimum absolute atomic E-state index is 0.152. The Bertz CT molecular complexity index is 326. The van der Waals surface area contributed by atoms with Crippen LogP contribution in [-0.2, 0) is 13.6 Å². The minimum Gasteiger partial charge on any atom is -0.433 e. The van der Waals surface area contributed by atoms with Gasteiger partial charge in [0.05, 0.1) is 13.2 Å². The Morgan fingerprint density at radius 3 is 2.29 bits per heavy atom. The van der Waals surface area contributed by atoms with Crippen LogP contribution in [0.25, 0.3) is 0 Å². The van der Waals surface area contributed by atoms with Gasteiger partial charge in [-0.15, -0.1) is 0 Å². The van der Waals surface area contributed by atoms with Crippen LogP contribution in [0.15, 0.2) is 16.5 Å². The van der Waals surface area contributed by atoms with Crippen LogP contribution < -0.4 is 11.2 Å². The third kappa shape index (κ3) is 2.38. The second-order valence-electron chi connectivity index (χ2n) is 2.51. The van der Waals surface area contributed by atoms with Gasteiger partial charge in [0, 0.05) is 6.07 Å². The molecule has 0 atom stereocenters. The summed E-state index contributed by atoms with van der Waals surface area (Å²) < 4.78 is 27.2. The molecular weight excluding hydrogens is 205 g/mol. The van der Waals surface area contributed by atoms with Gasteiger partial charge in [0.1, 0.15) is 0 Å². The van der Waals surface area contributed by atoms with Crippen molar-refractivity contribution in [2.75, 3.05) is 18.9 Å². The molecule has 1 rings (SSSR count). The summed E-state index contributed by atoms with van der Waals surface area (Å²) >= 11 is 0. The molecule has 0 fully saturated rings. The molecule has 1 aromatic rings. The fourth-order valence-electron chi connectivity index (χ4n) is 0.994. The summed E-state index contributed by atoms with van der Waals surface area (Å²) in [5.41, 5.74) is 5.52. The highest BCUT2D eigenvalue weighted by Crippen LogP contribution is 2.47. The standard InChI is InChI=1S/C8H14NO4P/c1-3-11-14(10,12-4-2)8-6-5-7(9)13-8/h5-6H,3-4,9H2,1-2H3. The molecule has 0 bridgehead atoms. The van der Waals surface area contributed by atoms with Gasteiger partial charge >= 0.3 is 7.60 Å². The third-order valence-corrected chi connectivity index (χ3v) is 3.46. The van der Waals surface area contributed by atoms with Crippen LogP contribution in [0.5, 0.6) is 0 Å². The zero-order chi connectivity index (χ0) is 10.6. The van der Waals surface area contributed by atoms with Gasteiger partial charge in [-0.2, -0.15) is 0 Å². The lowest BCUT2D eigenvalue weighted by Crippen LogP contribution is -2.08. The van der Waals surface area contributed by atoms with E-state index in [1.165, 1.54) is 12.1 Å². The number of hydrogen-bond donors (Lipinski definition) is 1. The predicted molar refractivity (Wildman–Crippen MR) is 53.6 cm³/mol. The number of anilines is 1. The number of hydrogen-bond acceptors (Lipinski definition) is 5. The molecule has 1 heterocycles. The van der Waals surface area contributed by atoms with Crippen LogP contribution in [0.2, 0.25) is 0 Å². The maximum absolute atomic E-state index is 12.0. The molecule has 1 aromatic heterocycles. The van der Waals surface area contributed by atoms with Gasteiger partial charge < -0.3 is 19.2 Å². The molecule has 0 aliphatic carbocycles. The van der Waals surface area contributed by atoms with Crippen molar-refractivity contribution in [2.45, 2.75) is 13.8 Å². The van der Waals surface area contributed by atoms with Gasteiger partial charge in [0.15, 0.2) is 5.88 Å². The van der Waals surface area contributed by atoms with E-state index in [0.717, 1.165) is 0 Å². The average Bonchev–Trinajstić information content (AvgIpc) is 2.53. The van der Waals surface area contributed by atoms with Gasteiger partial charge in [0.25, 0.3) is 0 Å². The van der Waals surface area contributed by atoms with Crippen molar-refractivity contribution in [1.29, 1.82) is 0 Å². The predicted octanol–water partition coefficient (Wildman–Crippen LogP) is 1.75. The second kappa shape index (κ2) is 4.64. The highest BCUT2D eigenvalue weighted by Gasteiger charge is 2.30. The highest BCUT2D eigenvalue weighted by molar-refractivity contribution is 7.61. The van der Waals surface area contributed by atoms with E-state index in [1.54, 1.807) is 13.8 Å². The van der Waals surface area contributed by atoms with E-state index in [1.807, 2.05) is 0 Å². The van der Waals surface area contributed by atoms with Gasteiger partial charge in [0.2, 0.25) is 5.50 Å². The molecule has 0 saturated carbocycles. The van der Waals surface area contributed by atoms with Crippen LogP contribution >= 0.6 is 7.60 Å². The molecule has 0 spiro atoms. The number of nitrogens with two attached hydrogens (primary N) is 1. The van der Waals surface area contributed by atoms with E-state index in [9.17, 15) is 4.57 Å². The summed E-state index contributed by atoms with van der Waals surface area (Å²) in [6, 6.07) is 3.02. The quantitative estimate of drug-likeness (QED) is 0.763. The fraction of sp³-hybridized carbons (Fsp3) is 0.500. The lowest BCUT2D eigenvalue weighted by molar-refractivity contribution is 0.225. The highest BCUT2D eigenvalue weighted by atomic mass is 31.2. The van der Waals surface area contributed by atoms with Crippen LogP contribution in [0.1, 0.15) is 13.8 Å². The van der Waals surface area contributed by atoms with Gasteiger partial charge in [-0.05, 0) is 19.9 Å². The Hall–Kier alpha value is -0.770. The molecule has 0 aliphatic rings. The summed E-state index contributed by atoms with van der Waals surface area (Å²) in [5, 5.41) is 0. The lowest BCUT2D eigenvalue weighted by Gasteiger charge is -2.13. The lowest BCUT2D eigenvalue weighted by atomic mass is 10.6. The Balaban J connectivity index is 2.93. The van der Waals surface area contributed by atoms with E-state index < -0.39 is 7.60 Å². The Morgan fingerprint density at radius 1 is 1.36 bits per heavy atom. The number of furan rings is 1. The van der Waals surface area contributed by atoms with Crippen LogP contribution in [0.4, 0.5) is 5.88 Å². The topological polar surface area (TPSA) is 74.7 Å². The van der Waals surface area contributed by atoms with Crippen LogP contribution in [0.3, 0.4) is 0 Å².